The highest BCUT2D eigenvalue weighted by Crippen LogP contribution is 2.24. The normalized spacial score (nSPS) is 13.3. The van der Waals surface area contributed by atoms with E-state index in [1.54, 1.807) is 18.1 Å². The summed E-state index contributed by atoms with van der Waals surface area (Å²) in [6, 6.07) is 13.3. The Morgan fingerprint density at radius 3 is 2.58 bits per heavy atom. The molecule has 140 valence electrons. The molecule has 0 bridgehead atoms. The number of rotatable bonds is 8. The quantitative estimate of drug-likeness (QED) is 0.760. The first-order chi connectivity index (χ1) is 12.4. The van der Waals surface area contributed by atoms with Crippen LogP contribution in [-0.2, 0) is 16.1 Å². The first-order valence-corrected chi connectivity index (χ1v) is 8.84. The molecule has 6 heteroatoms. The Labute approximate surface area is 158 Å². The number of nitrogens with two attached hydrogens (primary N) is 1. The second-order valence-corrected chi connectivity index (χ2v) is 6.62. The number of methoxy groups -OCH3 is 1. The Morgan fingerprint density at radius 1 is 1.27 bits per heavy atom. The molecule has 2 unspecified atom stereocenters. The maximum atomic E-state index is 13.3. The number of carbonyl (C=O) groups excluding carboxylic acids is 1. The van der Waals surface area contributed by atoms with E-state index >= 15 is 0 Å². The van der Waals surface area contributed by atoms with E-state index in [0.717, 1.165) is 5.56 Å². The average Bonchev–Trinajstić information content (AvgIpc) is 2.65. The third kappa shape index (κ3) is 5.27. The SMILES string of the molecule is COCCN(Cc1ccc(F)cc1Cl)C(=O)C(C)C(N)c1ccccc1. The molecular weight excluding hydrogens is 355 g/mol. The largest absolute Gasteiger partial charge is 0.383 e. The molecule has 0 saturated heterocycles. The van der Waals surface area contributed by atoms with E-state index in [1.807, 2.05) is 37.3 Å². The lowest BCUT2D eigenvalue weighted by Gasteiger charge is -2.29. The van der Waals surface area contributed by atoms with Crippen LogP contribution in [0.3, 0.4) is 0 Å². The predicted molar refractivity (Wildman–Crippen MR) is 101 cm³/mol. The molecule has 0 saturated carbocycles. The number of hydrogen-bond donors (Lipinski definition) is 1. The summed E-state index contributed by atoms with van der Waals surface area (Å²) in [5.74, 6) is -0.930. The maximum absolute atomic E-state index is 13.3. The van der Waals surface area contributed by atoms with Crippen molar-refractivity contribution < 1.29 is 13.9 Å². The molecule has 2 atom stereocenters. The number of nitrogens with zero attached hydrogens (tertiary/aromatic N) is 1. The summed E-state index contributed by atoms with van der Waals surface area (Å²) < 4.78 is 18.4. The van der Waals surface area contributed by atoms with E-state index in [0.29, 0.717) is 23.7 Å². The van der Waals surface area contributed by atoms with E-state index in [-0.39, 0.29) is 12.5 Å². The van der Waals surface area contributed by atoms with Crippen molar-refractivity contribution >= 4 is 17.5 Å². The monoisotopic (exact) mass is 378 g/mol. The van der Waals surface area contributed by atoms with E-state index in [9.17, 15) is 9.18 Å². The van der Waals surface area contributed by atoms with Crippen LogP contribution in [0.15, 0.2) is 48.5 Å². The summed E-state index contributed by atoms with van der Waals surface area (Å²) in [4.78, 5) is 14.7. The van der Waals surface area contributed by atoms with Gasteiger partial charge in [0.2, 0.25) is 5.91 Å². The van der Waals surface area contributed by atoms with Crippen LogP contribution < -0.4 is 5.73 Å². The van der Waals surface area contributed by atoms with Gasteiger partial charge in [0.1, 0.15) is 5.82 Å². The molecule has 0 heterocycles. The highest BCUT2D eigenvalue weighted by molar-refractivity contribution is 6.31. The molecule has 0 fully saturated rings. The van der Waals surface area contributed by atoms with Crippen LogP contribution in [-0.4, -0.2) is 31.1 Å². The maximum Gasteiger partial charge on any atom is 0.227 e. The molecule has 2 N–H and O–H groups in total. The minimum atomic E-state index is -0.423. The topological polar surface area (TPSA) is 55.6 Å². The van der Waals surface area contributed by atoms with Crippen LogP contribution in [0.2, 0.25) is 5.02 Å². The van der Waals surface area contributed by atoms with Crippen molar-refractivity contribution in [2.24, 2.45) is 11.7 Å². The van der Waals surface area contributed by atoms with E-state index in [4.69, 9.17) is 22.1 Å². The van der Waals surface area contributed by atoms with Gasteiger partial charge in [0, 0.05) is 31.3 Å². The Hall–Kier alpha value is -1.95. The van der Waals surface area contributed by atoms with Gasteiger partial charge >= 0.3 is 0 Å². The summed E-state index contributed by atoms with van der Waals surface area (Å²) in [6.45, 7) is 2.87. The lowest BCUT2D eigenvalue weighted by Crippen LogP contribution is -2.40. The second-order valence-electron chi connectivity index (χ2n) is 6.21. The first kappa shape index (κ1) is 20.4. The Morgan fingerprint density at radius 2 is 1.96 bits per heavy atom. The van der Waals surface area contributed by atoms with Gasteiger partial charge in [0.25, 0.3) is 0 Å². The first-order valence-electron chi connectivity index (χ1n) is 8.46. The third-order valence-electron chi connectivity index (χ3n) is 4.37. The molecule has 2 aromatic carbocycles. The zero-order valence-electron chi connectivity index (χ0n) is 15.0. The highest BCUT2D eigenvalue weighted by Gasteiger charge is 2.27. The number of benzene rings is 2. The van der Waals surface area contributed by atoms with Gasteiger partial charge in [-0.2, -0.15) is 0 Å². The fourth-order valence-corrected chi connectivity index (χ4v) is 2.96. The van der Waals surface area contributed by atoms with Crippen LogP contribution in [0.1, 0.15) is 24.1 Å². The molecule has 0 radical (unpaired) electrons. The van der Waals surface area contributed by atoms with E-state index in [2.05, 4.69) is 0 Å². The third-order valence-corrected chi connectivity index (χ3v) is 4.72. The van der Waals surface area contributed by atoms with Crippen molar-refractivity contribution in [3.8, 4) is 0 Å². The second kappa shape index (κ2) is 9.67. The Bertz CT molecular complexity index is 727. The van der Waals surface area contributed by atoms with Crippen molar-refractivity contribution in [3.05, 3.63) is 70.5 Å². The number of halogens is 2. The number of hydrogen-bond acceptors (Lipinski definition) is 3. The van der Waals surface area contributed by atoms with Crippen LogP contribution in [0.25, 0.3) is 0 Å². The predicted octanol–water partition coefficient (Wildman–Crippen LogP) is 3.79. The van der Waals surface area contributed by atoms with Crippen molar-refractivity contribution in [1.29, 1.82) is 0 Å². The summed E-state index contributed by atoms with van der Waals surface area (Å²) in [5.41, 5.74) is 7.88. The van der Waals surface area contributed by atoms with Crippen LogP contribution in [0, 0.1) is 11.7 Å². The van der Waals surface area contributed by atoms with Gasteiger partial charge in [-0.25, -0.2) is 4.39 Å². The smallest absolute Gasteiger partial charge is 0.227 e. The van der Waals surface area contributed by atoms with Crippen molar-refractivity contribution in [3.63, 3.8) is 0 Å². The van der Waals surface area contributed by atoms with Crippen LogP contribution >= 0.6 is 11.6 Å². The van der Waals surface area contributed by atoms with Crippen LogP contribution in [0.4, 0.5) is 4.39 Å². The van der Waals surface area contributed by atoms with Gasteiger partial charge in [-0.1, -0.05) is 54.9 Å². The van der Waals surface area contributed by atoms with Crippen molar-refractivity contribution in [1.82, 2.24) is 4.90 Å². The van der Waals surface area contributed by atoms with E-state index in [1.165, 1.54) is 12.1 Å². The molecular formula is C20H24ClFN2O2. The zero-order chi connectivity index (χ0) is 19.1. The number of ether oxygens (including phenoxy) is 1. The highest BCUT2D eigenvalue weighted by atomic mass is 35.5. The molecule has 0 aliphatic carbocycles. The van der Waals surface area contributed by atoms with Gasteiger partial charge in [-0.3, -0.25) is 4.79 Å². The summed E-state index contributed by atoms with van der Waals surface area (Å²) in [5, 5.41) is 0.292. The number of amides is 1. The molecule has 0 spiro atoms. The molecule has 1 amide bonds. The standard InChI is InChI=1S/C20H24ClFN2O2/c1-14(19(23)15-6-4-3-5-7-15)20(25)24(10-11-26-2)13-16-8-9-17(22)12-18(16)21/h3-9,12,14,19H,10-11,13,23H2,1-2H3. The molecule has 2 rings (SSSR count). The van der Waals surface area contributed by atoms with Gasteiger partial charge in [-0.15, -0.1) is 0 Å². The van der Waals surface area contributed by atoms with Gasteiger partial charge in [0.15, 0.2) is 0 Å². The molecule has 0 aromatic heterocycles. The molecule has 0 aliphatic rings. The van der Waals surface area contributed by atoms with Gasteiger partial charge in [-0.05, 0) is 23.3 Å². The summed E-state index contributed by atoms with van der Waals surface area (Å²) >= 11 is 6.12. The minimum Gasteiger partial charge on any atom is -0.383 e. The summed E-state index contributed by atoms with van der Waals surface area (Å²) in [7, 11) is 1.58. The van der Waals surface area contributed by atoms with Gasteiger partial charge in [0.05, 0.1) is 12.5 Å². The summed E-state index contributed by atoms with van der Waals surface area (Å²) in [6.07, 6.45) is 0. The zero-order valence-corrected chi connectivity index (χ0v) is 15.7. The molecule has 26 heavy (non-hydrogen) atoms. The van der Waals surface area contributed by atoms with E-state index < -0.39 is 17.8 Å². The molecule has 4 nitrogen and oxygen atoms in total. The fourth-order valence-electron chi connectivity index (χ4n) is 2.73. The lowest BCUT2D eigenvalue weighted by atomic mass is 9.94. The van der Waals surface area contributed by atoms with Crippen molar-refractivity contribution in [2.45, 2.75) is 19.5 Å². The Balaban J connectivity index is 2.17. The molecule has 2 aromatic rings. The lowest BCUT2D eigenvalue weighted by molar-refractivity contribution is -0.137. The Kier molecular flexibility index (Phi) is 7.57. The minimum absolute atomic E-state index is 0.0983. The van der Waals surface area contributed by atoms with Crippen LogP contribution in [0.5, 0.6) is 0 Å². The number of carbonyl (C=O) groups is 1. The average molecular weight is 379 g/mol. The van der Waals surface area contributed by atoms with Crippen molar-refractivity contribution in [2.75, 3.05) is 20.3 Å². The van der Waals surface area contributed by atoms with Gasteiger partial charge < -0.3 is 15.4 Å². The fraction of sp³-hybridized carbons (Fsp3) is 0.350. The molecule has 0 aliphatic heterocycles.